The quantitative estimate of drug-likeness (QED) is 0.782. The number of carbonyl (C=O) groups excluding carboxylic acids is 1. The van der Waals surface area contributed by atoms with E-state index in [9.17, 15) is 9.90 Å². The standard InChI is InChI=1S/C14H20N2O2.ClH/c15-12-8-4-7-11(12)14(18)16-9-13(17)10-5-2-1-3-6-10;/h1-3,5-6,11-13,17H,4,7-9,15H2,(H,16,18);1H. The molecule has 0 aromatic heterocycles. The van der Waals surface area contributed by atoms with Gasteiger partial charge in [0.2, 0.25) is 5.91 Å². The van der Waals surface area contributed by atoms with E-state index in [-0.39, 0.29) is 36.8 Å². The highest BCUT2D eigenvalue weighted by atomic mass is 35.5. The Morgan fingerprint density at radius 1 is 1.37 bits per heavy atom. The van der Waals surface area contributed by atoms with Crippen LogP contribution in [0, 0.1) is 5.92 Å². The summed E-state index contributed by atoms with van der Waals surface area (Å²) in [4.78, 5) is 11.9. The van der Waals surface area contributed by atoms with Gasteiger partial charge in [-0.3, -0.25) is 4.79 Å². The van der Waals surface area contributed by atoms with Gasteiger partial charge in [0.1, 0.15) is 0 Å². The van der Waals surface area contributed by atoms with Crippen LogP contribution in [0.4, 0.5) is 0 Å². The van der Waals surface area contributed by atoms with Crippen molar-refractivity contribution in [3.8, 4) is 0 Å². The minimum absolute atomic E-state index is 0. The lowest BCUT2D eigenvalue weighted by Gasteiger charge is -2.17. The highest BCUT2D eigenvalue weighted by molar-refractivity contribution is 5.85. The zero-order valence-corrected chi connectivity index (χ0v) is 11.6. The molecule has 1 aromatic carbocycles. The van der Waals surface area contributed by atoms with E-state index < -0.39 is 6.10 Å². The van der Waals surface area contributed by atoms with Crippen molar-refractivity contribution in [3.63, 3.8) is 0 Å². The number of aliphatic hydroxyl groups is 1. The molecule has 4 N–H and O–H groups in total. The Balaban J connectivity index is 0.00000180. The van der Waals surface area contributed by atoms with Crippen LogP contribution in [0.1, 0.15) is 30.9 Å². The molecule has 0 saturated heterocycles. The van der Waals surface area contributed by atoms with Gasteiger partial charge in [0.15, 0.2) is 0 Å². The van der Waals surface area contributed by atoms with E-state index >= 15 is 0 Å². The zero-order valence-electron chi connectivity index (χ0n) is 10.8. The van der Waals surface area contributed by atoms with E-state index in [1.165, 1.54) is 0 Å². The van der Waals surface area contributed by atoms with Gasteiger partial charge in [-0.15, -0.1) is 12.4 Å². The molecule has 1 amide bonds. The molecule has 0 heterocycles. The van der Waals surface area contributed by atoms with Gasteiger partial charge in [-0.05, 0) is 18.4 Å². The Labute approximate surface area is 119 Å². The molecule has 3 atom stereocenters. The van der Waals surface area contributed by atoms with Crippen molar-refractivity contribution in [3.05, 3.63) is 35.9 Å². The Morgan fingerprint density at radius 3 is 2.63 bits per heavy atom. The normalized spacial score (nSPS) is 23.5. The van der Waals surface area contributed by atoms with Crippen molar-refractivity contribution >= 4 is 18.3 Å². The van der Waals surface area contributed by atoms with Crippen molar-refractivity contribution < 1.29 is 9.90 Å². The number of carbonyl (C=O) groups is 1. The largest absolute Gasteiger partial charge is 0.387 e. The Morgan fingerprint density at radius 2 is 2.05 bits per heavy atom. The van der Waals surface area contributed by atoms with Crippen LogP contribution in [0.5, 0.6) is 0 Å². The maximum absolute atomic E-state index is 11.9. The molecule has 1 saturated carbocycles. The molecule has 0 bridgehead atoms. The third kappa shape index (κ3) is 4.20. The SMILES string of the molecule is Cl.NC1CCCC1C(=O)NCC(O)c1ccccc1. The summed E-state index contributed by atoms with van der Waals surface area (Å²) in [6.45, 7) is 0.242. The van der Waals surface area contributed by atoms with Gasteiger partial charge < -0.3 is 16.2 Å². The smallest absolute Gasteiger partial charge is 0.224 e. The molecule has 1 fully saturated rings. The molecule has 2 rings (SSSR count). The predicted molar refractivity (Wildman–Crippen MR) is 77.0 cm³/mol. The molecule has 0 spiro atoms. The van der Waals surface area contributed by atoms with Gasteiger partial charge in [0, 0.05) is 12.6 Å². The van der Waals surface area contributed by atoms with Gasteiger partial charge >= 0.3 is 0 Å². The fourth-order valence-corrected chi connectivity index (χ4v) is 2.44. The van der Waals surface area contributed by atoms with Crippen molar-refractivity contribution in [1.29, 1.82) is 0 Å². The minimum Gasteiger partial charge on any atom is -0.387 e. The second-order valence-corrected chi connectivity index (χ2v) is 4.87. The number of hydrogen-bond acceptors (Lipinski definition) is 3. The number of hydrogen-bond donors (Lipinski definition) is 3. The van der Waals surface area contributed by atoms with Crippen LogP contribution in [0.25, 0.3) is 0 Å². The van der Waals surface area contributed by atoms with Crippen molar-refractivity contribution in [2.24, 2.45) is 11.7 Å². The fourth-order valence-electron chi connectivity index (χ4n) is 2.44. The fraction of sp³-hybridized carbons (Fsp3) is 0.500. The molecule has 19 heavy (non-hydrogen) atoms. The lowest BCUT2D eigenvalue weighted by atomic mass is 10.0. The van der Waals surface area contributed by atoms with E-state index in [1.54, 1.807) is 0 Å². The predicted octanol–water partition coefficient (Wildman–Crippen LogP) is 1.39. The number of rotatable bonds is 4. The number of nitrogens with two attached hydrogens (primary N) is 1. The third-order valence-electron chi connectivity index (χ3n) is 3.56. The lowest BCUT2D eigenvalue weighted by molar-refractivity contribution is -0.125. The van der Waals surface area contributed by atoms with Crippen molar-refractivity contribution in [1.82, 2.24) is 5.32 Å². The van der Waals surface area contributed by atoms with E-state index in [2.05, 4.69) is 5.32 Å². The average Bonchev–Trinajstić information content (AvgIpc) is 2.83. The second-order valence-electron chi connectivity index (χ2n) is 4.87. The molecule has 5 heteroatoms. The van der Waals surface area contributed by atoms with E-state index in [4.69, 9.17) is 5.73 Å². The molecule has 106 valence electrons. The lowest BCUT2D eigenvalue weighted by Crippen LogP contribution is -2.40. The first-order valence-electron chi connectivity index (χ1n) is 6.45. The molecule has 0 radical (unpaired) electrons. The number of benzene rings is 1. The first-order chi connectivity index (χ1) is 8.68. The van der Waals surface area contributed by atoms with Crippen LogP contribution in [-0.2, 0) is 4.79 Å². The molecular weight excluding hydrogens is 264 g/mol. The van der Waals surface area contributed by atoms with E-state index in [0.717, 1.165) is 24.8 Å². The Kier molecular flexibility index (Phi) is 6.28. The van der Waals surface area contributed by atoms with Crippen molar-refractivity contribution in [2.45, 2.75) is 31.4 Å². The number of halogens is 1. The number of amides is 1. The summed E-state index contributed by atoms with van der Waals surface area (Å²) >= 11 is 0. The maximum atomic E-state index is 11.9. The summed E-state index contributed by atoms with van der Waals surface area (Å²) in [6.07, 6.45) is 2.13. The topological polar surface area (TPSA) is 75.4 Å². The van der Waals surface area contributed by atoms with E-state index in [0.29, 0.717) is 0 Å². The Hall–Kier alpha value is -1.10. The molecule has 3 unspecified atom stereocenters. The number of nitrogens with one attached hydrogen (secondary N) is 1. The summed E-state index contributed by atoms with van der Waals surface area (Å²) in [5.41, 5.74) is 6.69. The summed E-state index contributed by atoms with van der Waals surface area (Å²) in [5.74, 6) is -0.122. The average molecular weight is 285 g/mol. The van der Waals surface area contributed by atoms with Gasteiger partial charge in [0.25, 0.3) is 0 Å². The molecule has 1 aliphatic rings. The molecule has 1 aromatic rings. The molecular formula is C14H21ClN2O2. The van der Waals surface area contributed by atoms with Crippen LogP contribution in [0.15, 0.2) is 30.3 Å². The molecule has 1 aliphatic carbocycles. The minimum atomic E-state index is -0.659. The van der Waals surface area contributed by atoms with Gasteiger partial charge in [-0.1, -0.05) is 36.8 Å². The molecule has 4 nitrogen and oxygen atoms in total. The van der Waals surface area contributed by atoms with Crippen LogP contribution in [-0.4, -0.2) is 23.6 Å². The Bertz CT molecular complexity index is 400. The van der Waals surface area contributed by atoms with Crippen LogP contribution < -0.4 is 11.1 Å². The first kappa shape index (κ1) is 16.0. The maximum Gasteiger partial charge on any atom is 0.224 e. The molecule has 0 aliphatic heterocycles. The summed E-state index contributed by atoms with van der Waals surface area (Å²) in [7, 11) is 0. The van der Waals surface area contributed by atoms with Crippen LogP contribution in [0.2, 0.25) is 0 Å². The first-order valence-corrected chi connectivity index (χ1v) is 6.45. The summed E-state index contributed by atoms with van der Waals surface area (Å²) < 4.78 is 0. The second kappa shape index (κ2) is 7.48. The summed E-state index contributed by atoms with van der Waals surface area (Å²) in [6, 6.07) is 9.29. The third-order valence-corrected chi connectivity index (χ3v) is 3.56. The van der Waals surface area contributed by atoms with Crippen LogP contribution >= 0.6 is 12.4 Å². The number of aliphatic hydroxyl groups excluding tert-OH is 1. The zero-order chi connectivity index (χ0) is 13.0. The van der Waals surface area contributed by atoms with Crippen molar-refractivity contribution in [2.75, 3.05) is 6.54 Å². The highest BCUT2D eigenvalue weighted by Crippen LogP contribution is 2.24. The van der Waals surface area contributed by atoms with Gasteiger partial charge in [-0.2, -0.15) is 0 Å². The van der Waals surface area contributed by atoms with Crippen LogP contribution in [0.3, 0.4) is 0 Å². The van der Waals surface area contributed by atoms with Gasteiger partial charge in [-0.25, -0.2) is 0 Å². The highest BCUT2D eigenvalue weighted by Gasteiger charge is 2.30. The monoisotopic (exact) mass is 284 g/mol. The van der Waals surface area contributed by atoms with Gasteiger partial charge in [0.05, 0.1) is 12.0 Å². The van der Waals surface area contributed by atoms with E-state index in [1.807, 2.05) is 30.3 Å². The summed E-state index contributed by atoms with van der Waals surface area (Å²) in [5, 5.41) is 12.7.